The van der Waals surface area contributed by atoms with Crippen LogP contribution in [0.15, 0.2) is 24.3 Å². The van der Waals surface area contributed by atoms with E-state index in [1.165, 1.54) is 0 Å². The minimum atomic E-state index is -0.0396. The van der Waals surface area contributed by atoms with Gasteiger partial charge in [-0.25, -0.2) is 5.01 Å². The second-order valence-electron chi connectivity index (χ2n) is 4.56. The highest BCUT2D eigenvalue weighted by Crippen LogP contribution is 2.08. The van der Waals surface area contributed by atoms with Crippen LogP contribution >= 0.6 is 0 Å². The van der Waals surface area contributed by atoms with Gasteiger partial charge in [0.1, 0.15) is 0 Å². The fourth-order valence-electron chi connectivity index (χ4n) is 1.91. The maximum absolute atomic E-state index is 12.0. The zero-order valence-electron chi connectivity index (χ0n) is 10.9. The van der Waals surface area contributed by atoms with Crippen LogP contribution in [0.1, 0.15) is 10.4 Å². The van der Waals surface area contributed by atoms with Crippen LogP contribution in [0, 0.1) is 0 Å². The van der Waals surface area contributed by atoms with Gasteiger partial charge in [0.15, 0.2) is 0 Å². The van der Waals surface area contributed by atoms with E-state index in [2.05, 4.69) is 22.7 Å². The number of anilines is 1. The van der Waals surface area contributed by atoms with Crippen molar-refractivity contribution in [3.63, 3.8) is 0 Å². The van der Waals surface area contributed by atoms with Gasteiger partial charge < -0.3 is 10.2 Å². The van der Waals surface area contributed by atoms with Crippen LogP contribution in [0.5, 0.6) is 0 Å². The number of hydrogen-bond donors (Lipinski definition) is 2. The molecule has 98 valence electrons. The van der Waals surface area contributed by atoms with E-state index >= 15 is 0 Å². The van der Waals surface area contributed by atoms with Crippen LogP contribution in [0.4, 0.5) is 5.69 Å². The SMILES string of the molecule is CNc1ccc(C(=O)NN2CCN(C)CC2)cc1. The average Bonchev–Trinajstić information content (AvgIpc) is 2.41. The summed E-state index contributed by atoms with van der Waals surface area (Å²) in [5, 5.41) is 5.01. The molecule has 0 radical (unpaired) electrons. The van der Waals surface area contributed by atoms with Crippen LogP contribution in [0.2, 0.25) is 0 Å². The predicted molar refractivity (Wildman–Crippen MR) is 72.5 cm³/mol. The van der Waals surface area contributed by atoms with E-state index in [1.54, 1.807) is 0 Å². The number of nitrogens with one attached hydrogen (secondary N) is 2. The molecule has 1 heterocycles. The molecule has 0 aliphatic carbocycles. The van der Waals surface area contributed by atoms with E-state index in [0.717, 1.165) is 31.9 Å². The molecule has 1 fully saturated rings. The zero-order valence-corrected chi connectivity index (χ0v) is 10.9. The van der Waals surface area contributed by atoms with Crippen molar-refractivity contribution in [1.82, 2.24) is 15.3 Å². The number of hydrogen-bond acceptors (Lipinski definition) is 4. The zero-order chi connectivity index (χ0) is 13.0. The molecule has 2 rings (SSSR count). The lowest BCUT2D eigenvalue weighted by molar-refractivity contribution is 0.0662. The summed E-state index contributed by atoms with van der Waals surface area (Å²) >= 11 is 0. The van der Waals surface area contributed by atoms with Crippen LogP contribution in [0.3, 0.4) is 0 Å². The smallest absolute Gasteiger partial charge is 0.265 e. The Morgan fingerprint density at radius 3 is 2.28 bits per heavy atom. The Kier molecular flexibility index (Phi) is 4.17. The normalized spacial score (nSPS) is 17.4. The Morgan fingerprint density at radius 1 is 1.11 bits per heavy atom. The first-order valence-electron chi connectivity index (χ1n) is 6.21. The number of piperazine rings is 1. The minimum Gasteiger partial charge on any atom is -0.388 e. The number of carbonyl (C=O) groups is 1. The molecule has 0 saturated carbocycles. The molecule has 5 nitrogen and oxygen atoms in total. The van der Waals surface area contributed by atoms with Crippen LogP contribution in [0.25, 0.3) is 0 Å². The molecule has 0 spiro atoms. The van der Waals surface area contributed by atoms with Gasteiger partial charge >= 0.3 is 0 Å². The van der Waals surface area contributed by atoms with Gasteiger partial charge in [-0.05, 0) is 31.3 Å². The molecule has 0 atom stereocenters. The highest BCUT2D eigenvalue weighted by atomic mass is 16.2. The monoisotopic (exact) mass is 248 g/mol. The molecule has 1 amide bonds. The van der Waals surface area contributed by atoms with Crippen molar-refractivity contribution in [3.8, 4) is 0 Å². The molecule has 18 heavy (non-hydrogen) atoms. The van der Waals surface area contributed by atoms with E-state index in [9.17, 15) is 4.79 Å². The standard InChI is InChI=1S/C13H20N4O/c1-14-12-5-3-11(4-6-12)13(18)15-17-9-7-16(2)8-10-17/h3-6,14H,7-10H2,1-2H3,(H,15,18). The van der Waals surface area contributed by atoms with Gasteiger partial charge in [-0.3, -0.25) is 10.2 Å². The number of nitrogens with zero attached hydrogens (tertiary/aromatic N) is 2. The van der Waals surface area contributed by atoms with Crippen molar-refractivity contribution in [2.45, 2.75) is 0 Å². The van der Waals surface area contributed by atoms with Crippen LogP contribution in [-0.4, -0.2) is 56.1 Å². The summed E-state index contributed by atoms with van der Waals surface area (Å²) in [5.74, 6) is -0.0396. The third kappa shape index (κ3) is 3.21. The van der Waals surface area contributed by atoms with Crippen LogP contribution in [-0.2, 0) is 0 Å². The topological polar surface area (TPSA) is 47.6 Å². The lowest BCUT2D eigenvalue weighted by Crippen LogP contribution is -2.52. The van der Waals surface area contributed by atoms with Crippen molar-refractivity contribution in [2.75, 3.05) is 45.6 Å². The van der Waals surface area contributed by atoms with Gasteiger partial charge in [-0.2, -0.15) is 0 Å². The number of carbonyl (C=O) groups excluding carboxylic acids is 1. The van der Waals surface area contributed by atoms with Gasteiger partial charge in [0.25, 0.3) is 5.91 Å². The minimum absolute atomic E-state index is 0.0396. The molecule has 1 saturated heterocycles. The fourth-order valence-corrected chi connectivity index (χ4v) is 1.91. The maximum atomic E-state index is 12.0. The second-order valence-corrected chi connectivity index (χ2v) is 4.56. The third-order valence-electron chi connectivity index (χ3n) is 3.20. The summed E-state index contributed by atoms with van der Waals surface area (Å²) in [6.07, 6.45) is 0. The summed E-state index contributed by atoms with van der Waals surface area (Å²) in [6, 6.07) is 7.46. The summed E-state index contributed by atoms with van der Waals surface area (Å²) in [7, 11) is 3.95. The van der Waals surface area contributed by atoms with Crippen molar-refractivity contribution in [1.29, 1.82) is 0 Å². The average molecular weight is 248 g/mol. The molecule has 0 bridgehead atoms. The summed E-state index contributed by atoms with van der Waals surface area (Å²) < 4.78 is 0. The van der Waals surface area contributed by atoms with Gasteiger partial charge in [0.05, 0.1) is 0 Å². The van der Waals surface area contributed by atoms with Crippen molar-refractivity contribution < 1.29 is 4.79 Å². The van der Waals surface area contributed by atoms with E-state index in [-0.39, 0.29) is 5.91 Å². The Balaban J connectivity index is 1.90. The van der Waals surface area contributed by atoms with Gasteiger partial charge in [-0.1, -0.05) is 0 Å². The molecule has 1 aliphatic heterocycles. The first kappa shape index (κ1) is 12.9. The first-order valence-corrected chi connectivity index (χ1v) is 6.21. The van der Waals surface area contributed by atoms with E-state index < -0.39 is 0 Å². The molecular formula is C13H20N4O. The maximum Gasteiger partial charge on any atom is 0.265 e. The third-order valence-corrected chi connectivity index (χ3v) is 3.20. The Morgan fingerprint density at radius 2 is 1.72 bits per heavy atom. The van der Waals surface area contributed by atoms with E-state index in [4.69, 9.17) is 0 Å². The van der Waals surface area contributed by atoms with Crippen molar-refractivity contribution >= 4 is 11.6 Å². The number of rotatable bonds is 3. The van der Waals surface area contributed by atoms with Gasteiger partial charge in [0.2, 0.25) is 0 Å². The quantitative estimate of drug-likeness (QED) is 0.823. The Hall–Kier alpha value is -1.59. The first-order chi connectivity index (χ1) is 8.69. The molecule has 1 aromatic rings. The fraction of sp³-hybridized carbons (Fsp3) is 0.462. The predicted octanol–water partition coefficient (Wildman–Crippen LogP) is 0.621. The largest absolute Gasteiger partial charge is 0.388 e. The lowest BCUT2D eigenvalue weighted by atomic mass is 10.2. The number of likely N-dealkylation sites (N-methyl/N-ethyl adjacent to an activating group) is 1. The van der Waals surface area contributed by atoms with Crippen LogP contribution < -0.4 is 10.7 Å². The van der Waals surface area contributed by atoms with Gasteiger partial charge in [-0.15, -0.1) is 0 Å². The summed E-state index contributed by atoms with van der Waals surface area (Å²) in [5.41, 5.74) is 4.63. The van der Waals surface area contributed by atoms with E-state index in [0.29, 0.717) is 5.56 Å². The lowest BCUT2D eigenvalue weighted by Gasteiger charge is -2.32. The van der Waals surface area contributed by atoms with Crippen molar-refractivity contribution in [3.05, 3.63) is 29.8 Å². The second kappa shape index (κ2) is 5.84. The molecule has 0 unspecified atom stereocenters. The molecule has 1 aliphatic rings. The summed E-state index contributed by atoms with van der Waals surface area (Å²) in [4.78, 5) is 14.3. The molecule has 0 aromatic heterocycles. The molecular weight excluding hydrogens is 228 g/mol. The van der Waals surface area contributed by atoms with Crippen molar-refractivity contribution in [2.24, 2.45) is 0 Å². The highest BCUT2D eigenvalue weighted by molar-refractivity contribution is 5.94. The Labute approximate surface area is 108 Å². The number of benzene rings is 1. The number of amides is 1. The summed E-state index contributed by atoms with van der Waals surface area (Å²) in [6.45, 7) is 3.71. The molecule has 2 N–H and O–H groups in total. The molecule has 1 aromatic carbocycles. The number of hydrazine groups is 1. The Bertz CT molecular complexity index is 396. The van der Waals surface area contributed by atoms with Gasteiger partial charge in [0, 0.05) is 44.5 Å². The highest BCUT2D eigenvalue weighted by Gasteiger charge is 2.16. The van der Waals surface area contributed by atoms with E-state index in [1.807, 2.05) is 36.3 Å². The molecule has 5 heteroatoms.